The second kappa shape index (κ2) is 5.11. The first-order valence-corrected chi connectivity index (χ1v) is 5.04. The molecule has 0 aliphatic heterocycles. The second-order valence-electron chi connectivity index (χ2n) is 3.83. The Kier molecular flexibility index (Phi) is 4.08. The van der Waals surface area contributed by atoms with E-state index in [1.807, 2.05) is 12.1 Å². The maximum atomic E-state index is 13.3. The first-order chi connectivity index (χ1) is 6.65. The summed E-state index contributed by atoms with van der Waals surface area (Å²) >= 11 is 0. The van der Waals surface area contributed by atoms with Gasteiger partial charge in [-0.1, -0.05) is 26.0 Å². The van der Waals surface area contributed by atoms with Crippen molar-refractivity contribution < 1.29 is 9.50 Å². The average Bonchev–Trinajstić information content (AvgIpc) is 2.16. The highest BCUT2D eigenvalue weighted by atomic mass is 19.1. The first kappa shape index (κ1) is 11.2. The highest BCUT2D eigenvalue weighted by Crippen LogP contribution is 2.19. The summed E-state index contributed by atoms with van der Waals surface area (Å²) in [6, 6.07) is 5.24. The lowest BCUT2D eigenvalue weighted by molar-refractivity contribution is 0.288. The molecule has 1 N–H and O–H groups in total. The molecule has 0 fully saturated rings. The molecule has 78 valence electrons. The molecule has 14 heavy (non-hydrogen) atoms. The lowest BCUT2D eigenvalue weighted by atomic mass is 9.99. The topological polar surface area (TPSA) is 20.2 Å². The number of aliphatic hydroxyl groups excluding tert-OH is 1. The number of aryl methyl sites for hydroxylation is 1. The Morgan fingerprint density at radius 3 is 2.64 bits per heavy atom. The third-order valence-electron chi connectivity index (χ3n) is 2.34. The van der Waals surface area contributed by atoms with Crippen LogP contribution in [0, 0.1) is 5.82 Å². The largest absolute Gasteiger partial charge is 0.396 e. The van der Waals surface area contributed by atoms with Crippen LogP contribution in [0.4, 0.5) is 4.39 Å². The predicted molar refractivity (Wildman–Crippen MR) is 55.9 cm³/mol. The zero-order valence-electron chi connectivity index (χ0n) is 8.76. The van der Waals surface area contributed by atoms with E-state index in [2.05, 4.69) is 13.8 Å². The van der Waals surface area contributed by atoms with Crippen molar-refractivity contribution in [3.63, 3.8) is 0 Å². The van der Waals surface area contributed by atoms with Gasteiger partial charge in [-0.05, 0) is 36.0 Å². The molecule has 0 atom stereocenters. The van der Waals surface area contributed by atoms with Gasteiger partial charge in [-0.2, -0.15) is 0 Å². The third-order valence-corrected chi connectivity index (χ3v) is 2.34. The first-order valence-electron chi connectivity index (χ1n) is 5.04. The van der Waals surface area contributed by atoms with Gasteiger partial charge in [0.15, 0.2) is 0 Å². The van der Waals surface area contributed by atoms with Crippen LogP contribution in [0.2, 0.25) is 0 Å². The Hall–Kier alpha value is -0.890. The van der Waals surface area contributed by atoms with Gasteiger partial charge < -0.3 is 5.11 Å². The molecular formula is C12H17FO. The Bertz CT molecular complexity index is 294. The van der Waals surface area contributed by atoms with Gasteiger partial charge in [0.25, 0.3) is 0 Å². The summed E-state index contributed by atoms with van der Waals surface area (Å²) in [4.78, 5) is 0. The van der Waals surface area contributed by atoms with Gasteiger partial charge in [0.1, 0.15) is 5.82 Å². The highest BCUT2D eigenvalue weighted by molar-refractivity contribution is 5.27. The number of aliphatic hydroxyl groups is 1. The molecule has 0 aromatic heterocycles. The monoisotopic (exact) mass is 196 g/mol. The lowest BCUT2D eigenvalue weighted by Gasteiger charge is -2.08. The molecular weight excluding hydrogens is 179 g/mol. The van der Waals surface area contributed by atoms with Crippen molar-refractivity contribution in [3.05, 3.63) is 35.1 Å². The van der Waals surface area contributed by atoms with Crippen molar-refractivity contribution in [2.45, 2.75) is 32.6 Å². The molecule has 0 aliphatic carbocycles. The highest BCUT2D eigenvalue weighted by Gasteiger charge is 2.05. The fourth-order valence-electron chi connectivity index (χ4n) is 1.41. The summed E-state index contributed by atoms with van der Waals surface area (Å²) in [7, 11) is 0. The maximum Gasteiger partial charge on any atom is 0.126 e. The van der Waals surface area contributed by atoms with Crippen LogP contribution in [-0.4, -0.2) is 11.7 Å². The second-order valence-corrected chi connectivity index (χ2v) is 3.83. The minimum absolute atomic E-state index is 0.116. The van der Waals surface area contributed by atoms with Crippen LogP contribution in [0.3, 0.4) is 0 Å². The molecule has 0 amide bonds. The van der Waals surface area contributed by atoms with Crippen molar-refractivity contribution in [1.82, 2.24) is 0 Å². The van der Waals surface area contributed by atoms with Crippen molar-refractivity contribution in [3.8, 4) is 0 Å². The van der Waals surface area contributed by atoms with E-state index in [1.54, 1.807) is 0 Å². The van der Waals surface area contributed by atoms with Crippen LogP contribution < -0.4 is 0 Å². The van der Waals surface area contributed by atoms with Crippen LogP contribution in [-0.2, 0) is 6.42 Å². The fourth-order valence-corrected chi connectivity index (χ4v) is 1.41. The van der Waals surface area contributed by atoms with Crippen molar-refractivity contribution in [2.75, 3.05) is 6.61 Å². The summed E-state index contributed by atoms with van der Waals surface area (Å²) in [5.41, 5.74) is 1.87. The Balaban J connectivity index is 2.85. The van der Waals surface area contributed by atoms with Gasteiger partial charge in [0, 0.05) is 6.61 Å². The normalized spacial score (nSPS) is 10.9. The van der Waals surface area contributed by atoms with E-state index in [4.69, 9.17) is 5.11 Å². The van der Waals surface area contributed by atoms with Crippen molar-refractivity contribution in [2.24, 2.45) is 0 Å². The van der Waals surface area contributed by atoms with Gasteiger partial charge in [-0.15, -0.1) is 0 Å². The molecule has 0 bridgehead atoms. The average molecular weight is 196 g/mol. The quantitative estimate of drug-likeness (QED) is 0.785. The van der Waals surface area contributed by atoms with E-state index < -0.39 is 0 Å². The summed E-state index contributed by atoms with van der Waals surface area (Å²) in [6.07, 6.45) is 1.24. The Morgan fingerprint density at radius 2 is 2.07 bits per heavy atom. The van der Waals surface area contributed by atoms with E-state index >= 15 is 0 Å². The number of rotatable bonds is 4. The van der Waals surface area contributed by atoms with E-state index in [9.17, 15) is 4.39 Å². The summed E-state index contributed by atoms with van der Waals surface area (Å²) < 4.78 is 13.3. The number of halogens is 1. The minimum atomic E-state index is -0.164. The lowest BCUT2D eigenvalue weighted by Crippen LogP contribution is -1.96. The molecule has 1 aromatic rings. The van der Waals surface area contributed by atoms with Gasteiger partial charge in [-0.25, -0.2) is 4.39 Å². The Labute approximate surface area is 84.6 Å². The van der Waals surface area contributed by atoms with E-state index in [0.717, 1.165) is 5.56 Å². The van der Waals surface area contributed by atoms with E-state index in [1.165, 1.54) is 6.07 Å². The molecule has 0 heterocycles. The molecule has 0 radical (unpaired) electrons. The minimum Gasteiger partial charge on any atom is -0.396 e. The van der Waals surface area contributed by atoms with Gasteiger partial charge in [-0.3, -0.25) is 0 Å². The van der Waals surface area contributed by atoms with Crippen LogP contribution in [0.5, 0.6) is 0 Å². The molecule has 0 saturated carbocycles. The van der Waals surface area contributed by atoms with Crippen molar-refractivity contribution >= 4 is 0 Å². The standard InChI is InChI=1S/C12H17FO/c1-9(2)10-5-6-12(13)11(8-10)4-3-7-14/h5-6,8-9,14H,3-4,7H2,1-2H3. The van der Waals surface area contributed by atoms with Gasteiger partial charge in [0.05, 0.1) is 0 Å². The number of hydrogen-bond acceptors (Lipinski definition) is 1. The predicted octanol–water partition coefficient (Wildman–Crippen LogP) is 2.87. The van der Waals surface area contributed by atoms with Crippen LogP contribution in [0.25, 0.3) is 0 Å². The third kappa shape index (κ3) is 2.81. The molecule has 2 heteroatoms. The van der Waals surface area contributed by atoms with Gasteiger partial charge in [0.2, 0.25) is 0 Å². The molecule has 1 rings (SSSR count). The smallest absolute Gasteiger partial charge is 0.126 e. The van der Waals surface area contributed by atoms with Crippen LogP contribution >= 0.6 is 0 Å². The zero-order valence-corrected chi connectivity index (χ0v) is 8.76. The molecule has 0 spiro atoms. The molecule has 0 unspecified atom stereocenters. The van der Waals surface area contributed by atoms with Crippen LogP contribution in [0.15, 0.2) is 18.2 Å². The number of benzene rings is 1. The summed E-state index contributed by atoms with van der Waals surface area (Å²) in [6.45, 7) is 4.29. The van der Waals surface area contributed by atoms with Crippen molar-refractivity contribution in [1.29, 1.82) is 0 Å². The molecule has 1 nitrogen and oxygen atoms in total. The summed E-state index contributed by atoms with van der Waals surface area (Å²) in [5.74, 6) is 0.256. The molecule has 0 aliphatic rings. The molecule has 0 saturated heterocycles. The summed E-state index contributed by atoms with van der Waals surface area (Å²) in [5, 5.41) is 8.67. The van der Waals surface area contributed by atoms with E-state index in [-0.39, 0.29) is 12.4 Å². The Morgan fingerprint density at radius 1 is 1.36 bits per heavy atom. The fraction of sp³-hybridized carbons (Fsp3) is 0.500. The van der Waals surface area contributed by atoms with Gasteiger partial charge >= 0.3 is 0 Å². The maximum absolute atomic E-state index is 13.3. The number of hydrogen-bond donors (Lipinski definition) is 1. The van der Waals surface area contributed by atoms with Crippen LogP contribution in [0.1, 0.15) is 37.3 Å². The SMILES string of the molecule is CC(C)c1ccc(F)c(CCCO)c1. The van der Waals surface area contributed by atoms with E-state index in [0.29, 0.717) is 24.3 Å². The zero-order chi connectivity index (χ0) is 10.6. The molecule has 1 aromatic carbocycles.